The van der Waals surface area contributed by atoms with Gasteiger partial charge >= 0.3 is 0 Å². The smallest absolute Gasteiger partial charge is 0.133 e. The molecular weight excluding hydrogens is 420 g/mol. The van der Waals surface area contributed by atoms with Crippen molar-refractivity contribution in [1.82, 2.24) is 0 Å². The molecule has 0 aromatic heterocycles. The van der Waals surface area contributed by atoms with E-state index in [1.54, 1.807) is 6.08 Å². The Morgan fingerprint density at radius 2 is 1.79 bits per heavy atom. The third kappa shape index (κ3) is 9.90. The van der Waals surface area contributed by atoms with Crippen LogP contribution >= 0.6 is 0 Å². The van der Waals surface area contributed by atoms with Crippen molar-refractivity contribution in [3.63, 3.8) is 0 Å². The topological polar surface area (TPSA) is 118 Å². The van der Waals surface area contributed by atoms with Crippen LogP contribution in [0.15, 0.2) is 54.6 Å². The van der Waals surface area contributed by atoms with Crippen LogP contribution < -0.4 is 0 Å². The molecule has 0 aliphatic heterocycles. The first-order valence-electron chi connectivity index (χ1n) is 12.1. The van der Waals surface area contributed by atoms with Gasteiger partial charge in [-0.1, -0.05) is 54.6 Å². The van der Waals surface area contributed by atoms with Crippen LogP contribution in [0.3, 0.4) is 0 Å². The second-order valence-electron chi connectivity index (χ2n) is 9.16. The normalized spacial score (nSPS) is 24.3. The van der Waals surface area contributed by atoms with Crippen LogP contribution in [-0.2, 0) is 11.2 Å². The molecule has 1 aromatic carbocycles. The van der Waals surface area contributed by atoms with Gasteiger partial charge in [-0.3, -0.25) is 4.79 Å². The summed E-state index contributed by atoms with van der Waals surface area (Å²) < 4.78 is 0. The summed E-state index contributed by atoms with van der Waals surface area (Å²) in [6.45, 7) is -0.366. The number of benzene rings is 1. The largest absolute Gasteiger partial charge is 0.396 e. The molecule has 1 aliphatic carbocycles. The highest BCUT2D eigenvalue weighted by Gasteiger charge is 2.39. The number of ketones is 1. The summed E-state index contributed by atoms with van der Waals surface area (Å²) in [6, 6.07) is 9.99. The fourth-order valence-electron chi connectivity index (χ4n) is 4.42. The molecular formula is C27H40O6. The summed E-state index contributed by atoms with van der Waals surface area (Å²) in [6.07, 6.45) is 10.2. The molecule has 2 rings (SSSR count). The van der Waals surface area contributed by atoms with Crippen molar-refractivity contribution in [3.05, 3.63) is 60.2 Å². The molecule has 1 fully saturated rings. The SMILES string of the molecule is O=C(CCCC=CC[C@@H]1[C@@H](C=C[C@@H](O)CCc2ccccc2)[C@H](O)C[C@@H]1O)CC(CO)CO. The van der Waals surface area contributed by atoms with E-state index in [2.05, 4.69) is 0 Å². The lowest BCUT2D eigenvalue weighted by atomic mass is 9.89. The maximum atomic E-state index is 11.9. The van der Waals surface area contributed by atoms with Crippen molar-refractivity contribution in [2.24, 2.45) is 17.8 Å². The molecule has 6 nitrogen and oxygen atoms in total. The zero-order valence-electron chi connectivity index (χ0n) is 19.4. The van der Waals surface area contributed by atoms with E-state index in [9.17, 15) is 20.1 Å². The lowest BCUT2D eigenvalue weighted by Crippen LogP contribution is -2.20. The van der Waals surface area contributed by atoms with Crippen LogP contribution in [-0.4, -0.2) is 62.8 Å². The van der Waals surface area contributed by atoms with Crippen molar-refractivity contribution < 1.29 is 30.3 Å². The number of carbonyl (C=O) groups excluding carboxylic acids is 1. The molecule has 0 bridgehead atoms. The predicted molar refractivity (Wildman–Crippen MR) is 128 cm³/mol. The van der Waals surface area contributed by atoms with Crippen molar-refractivity contribution >= 4 is 5.78 Å². The number of allylic oxidation sites excluding steroid dienone is 2. The number of hydrogen-bond donors (Lipinski definition) is 5. The van der Waals surface area contributed by atoms with Crippen molar-refractivity contribution in [2.75, 3.05) is 13.2 Å². The van der Waals surface area contributed by atoms with Gasteiger partial charge in [0.15, 0.2) is 0 Å². The van der Waals surface area contributed by atoms with Crippen molar-refractivity contribution in [3.8, 4) is 0 Å². The molecule has 0 amide bonds. The van der Waals surface area contributed by atoms with E-state index in [-0.39, 0.29) is 43.2 Å². The molecule has 0 heterocycles. The Bertz CT molecular complexity index is 727. The summed E-state index contributed by atoms with van der Waals surface area (Å²) >= 11 is 0. The number of hydrogen-bond acceptors (Lipinski definition) is 6. The summed E-state index contributed by atoms with van der Waals surface area (Å²) in [5, 5.41) is 49.2. The van der Waals surface area contributed by atoms with Crippen molar-refractivity contribution in [1.29, 1.82) is 0 Å². The van der Waals surface area contributed by atoms with Crippen LogP contribution in [0.4, 0.5) is 0 Å². The zero-order chi connectivity index (χ0) is 24.1. The van der Waals surface area contributed by atoms with Crippen LogP contribution in [0.2, 0.25) is 0 Å². The highest BCUT2D eigenvalue weighted by atomic mass is 16.3. The number of carbonyl (C=O) groups is 1. The van der Waals surface area contributed by atoms with Crippen LogP contribution in [0.5, 0.6) is 0 Å². The fourth-order valence-corrected chi connectivity index (χ4v) is 4.42. The molecule has 33 heavy (non-hydrogen) atoms. The molecule has 0 saturated heterocycles. The highest BCUT2D eigenvalue weighted by molar-refractivity contribution is 5.78. The number of aliphatic hydroxyl groups is 5. The van der Waals surface area contributed by atoms with Gasteiger partial charge in [0.25, 0.3) is 0 Å². The molecule has 6 heteroatoms. The molecule has 5 N–H and O–H groups in total. The van der Waals surface area contributed by atoms with E-state index in [4.69, 9.17) is 10.2 Å². The van der Waals surface area contributed by atoms with Gasteiger partial charge in [-0.25, -0.2) is 0 Å². The van der Waals surface area contributed by atoms with E-state index in [1.165, 1.54) is 5.56 Å². The Labute approximate surface area is 197 Å². The number of unbranched alkanes of at least 4 members (excludes halogenated alkanes) is 1. The zero-order valence-corrected chi connectivity index (χ0v) is 19.4. The van der Waals surface area contributed by atoms with E-state index >= 15 is 0 Å². The lowest BCUT2D eigenvalue weighted by Gasteiger charge is -2.19. The lowest BCUT2D eigenvalue weighted by molar-refractivity contribution is -0.120. The second-order valence-corrected chi connectivity index (χ2v) is 9.16. The van der Waals surface area contributed by atoms with Gasteiger partial charge in [0.1, 0.15) is 5.78 Å². The molecule has 1 aliphatic rings. The maximum absolute atomic E-state index is 11.9. The predicted octanol–water partition coefficient (Wildman–Crippen LogP) is 2.57. The molecule has 0 unspecified atom stereocenters. The van der Waals surface area contributed by atoms with Gasteiger partial charge in [0, 0.05) is 44.3 Å². The quantitative estimate of drug-likeness (QED) is 0.203. The Morgan fingerprint density at radius 3 is 2.48 bits per heavy atom. The Hall–Kier alpha value is -1.83. The van der Waals surface area contributed by atoms with Crippen LogP contribution in [0, 0.1) is 17.8 Å². The highest BCUT2D eigenvalue weighted by Crippen LogP contribution is 2.36. The number of aliphatic hydroxyl groups excluding tert-OH is 5. The van der Waals surface area contributed by atoms with Gasteiger partial charge < -0.3 is 25.5 Å². The summed E-state index contributed by atoms with van der Waals surface area (Å²) in [4.78, 5) is 11.9. The van der Waals surface area contributed by atoms with E-state index in [0.29, 0.717) is 32.1 Å². The number of Topliss-reactive ketones (excluding diaryl/α,β-unsaturated/α-hetero) is 1. The van der Waals surface area contributed by atoms with Gasteiger partial charge in [0.05, 0.1) is 18.3 Å². The van der Waals surface area contributed by atoms with E-state index < -0.39 is 18.3 Å². The Morgan fingerprint density at radius 1 is 1.06 bits per heavy atom. The minimum absolute atomic E-state index is 0.0434. The number of aryl methyl sites for hydroxylation is 1. The molecule has 1 aromatic rings. The molecule has 1 saturated carbocycles. The Kier molecular flexibility index (Phi) is 12.6. The maximum Gasteiger partial charge on any atom is 0.133 e. The van der Waals surface area contributed by atoms with Gasteiger partial charge in [-0.15, -0.1) is 0 Å². The van der Waals surface area contributed by atoms with E-state index in [0.717, 1.165) is 12.8 Å². The average molecular weight is 461 g/mol. The summed E-state index contributed by atoms with van der Waals surface area (Å²) in [5.74, 6) is -0.635. The van der Waals surface area contributed by atoms with Gasteiger partial charge in [-0.05, 0) is 43.6 Å². The third-order valence-corrected chi connectivity index (χ3v) is 6.48. The Balaban J connectivity index is 1.74. The van der Waals surface area contributed by atoms with Gasteiger partial charge in [0.2, 0.25) is 0 Å². The fraction of sp³-hybridized carbons (Fsp3) is 0.593. The number of rotatable bonds is 15. The standard InChI is InChI=1S/C27H40O6/c28-18-21(19-29)16-23(31)10-6-1-2-7-11-24-25(27(33)17-26(24)32)15-14-22(30)13-12-20-8-4-3-5-9-20/h2-5,7-9,14-15,21-22,24-30,32-33H,1,6,10-13,16-19H2/t22-,24+,25+,26-,27+/m0/s1. The first kappa shape index (κ1) is 27.4. The third-order valence-electron chi connectivity index (χ3n) is 6.48. The first-order chi connectivity index (χ1) is 15.9. The molecule has 0 spiro atoms. The molecule has 5 atom stereocenters. The summed E-state index contributed by atoms with van der Waals surface area (Å²) in [5.41, 5.74) is 1.17. The van der Waals surface area contributed by atoms with Crippen molar-refractivity contribution in [2.45, 2.75) is 69.7 Å². The van der Waals surface area contributed by atoms with Crippen LogP contribution in [0.1, 0.15) is 50.5 Å². The first-order valence-corrected chi connectivity index (χ1v) is 12.1. The molecule has 0 radical (unpaired) electrons. The summed E-state index contributed by atoms with van der Waals surface area (Å²) in [7, 11) is 0. The monoisotopic (exact) mass is 460 g/mol. The van der Waals surface area contributed by atoms with Crippen LogP contribution in [0.25, 0.3) is 0 Å². The average Bonchev–Trinajstić information content (AvgIpc) is 3.09. The minimum atomic E-state index is -0.625. The minimum Gasteiger partial charge on any atom is -0.396 e. The van der Waals surface area contributed by atoms with Gasteiger partial charge in [-0.2, -0.15) is 0 Å². The molecule has 184 valence electrons. The second kappa shape index (κ2) is 15.1. The van der Waals surface area contributed by atoms with E-state index in [1.807, 2.05) is 48.6 Å².